The van der Waals surface area contributed by atoms with Crippen molar-refractivity contribution in [3.05, 3.63) is 0 Å². The first-order valence-corrected chi connectivity index (χ1v) is 7.02. The molecule has 0 aromatic carbocycles. The lowest BCUT2D eigenvalue weighted by molar-refractivity contribution is -0.146. The fourth-order valence-corrected chi connectivity index (χ4v) is 2.81. The van der Waals surface area contributed by atoms with Gasteiger partial charge >= 0.3 is 12.1 Å². The maximum Gasteiger partial charge on any atom is 0.401 e. The smallest absolute Gasteiger partial charge is 0.401 e. The van der Waals surface area contributed by atoms with E-state index in [0.717, 1.165) is 6.42 Å². The van der Waals surface area contributed by atoms with Crippen LogP contribution in [0.5, 0.6) is 0 Å². The van der Waals surface area contributed by atoms with Crippen molar-refractivity contribution in [3.63, 3.8) is 0 Å². The molecular formula is C13H23F3N2O2. The van der Waals surface area contributed by atoms with Crippen LogP contribution in [0.2, 0.25) is 0 Å². The highest BCUT2D eigenvalue weighted by atomic mass is 19.4. The standard InChI is InChI=1S/C13H23F3N2O2/c1-3-11(12(19)20)18-6-5-10(8-18)7-17(4-2)9-13(14,15)16/h10-11H,3-9H2,1-2H3,(H,19,20). The van der Waals surface area contributed by atoms with E-state index in [0.29, 0.717) is 32.6 Å². The maximum atomic E-state index is 12.4. The van der Waals surface area contributed by atoms with Gasteiger partial charge < -0.3 is 5.11 Å². The van der Waals surface area contributed by atoms with Gasteiger partial charge in [0.25, 0.3) is 0 Å². The summed E-state index contributed by atoms with van der Waals surface area (Å²) >= 11 is 0. The topological polar surface area (TPSA) is 43.8 Å². The molecule has 0 aromatic rings. The molecule has 0 bridgehead atoms. The third kappa shape index (κ3) is 5.28. The number of rotatable bonds is 7. The molecule has 118 valence electrons. The van der Waals surface area contributed by atoms with Gasteiger partial charge in [-0.25, -0.2) is 0 Å². The van der Waals surface area contributed by atoms with E-state index in [1.807, 2.05) is 11.8 Å². The van der Waals surface area contributed by atoms with Crippen LogP contribution in [0, 0.1) is 5.92 Å². The zero-order valence-corrected chi connectivity index (χ0v) is 12.0. The van der Waals surface area contributed by atoms with Crippen molar-refractivity contribution < 1.29 is 23.1 Å². The fraction of sp³-hybridized carbons (Fsp3) is 0.923. The minimum Gasteiger partial charge on any atom is -0.480 e. The van der Waals surface area contributed by atoms with Crippen molar-refractivity contribution in [1.29, 1.82) is 0 Å². The van der Waals surface area contributed by atoms with Crippen molar-refractivity contribution in [1.82, 2.24) is 9.80 Å². The van der Waals surface area contributed by atoms with E-state index < -0.39 is 24.7 Å². The number of nitrogens with zero attached hydrogens (tertiary/aromatic N) is 2. The average molecular weight is 296 g/mol. The monoisotopic (exact) mass is 296 g/mol. The second-order valence-corrected chi connectivity index (χ2v) is 5.35. The van der Waals surface area contributed by atoms with Crippen LogP contribution in [0.15, 0.2) is 0 Å². The number of hydrogen-bond acceptors (Lipinski definition) is 3. The summed E-state index contributed by atoms with van der Waals surface area (Å²) in [4.78, 5) is 14.3. The first-order valence-electron chi connectivity index (χ1n) is 7.02. The molecule has 0 aliphatic carbocycles. The SMILES string of the molecule is CCC(C(=O)O)N1CCC(CN(CC)CC(F)(F)F)C1. The Bertz CT molecular complexity index is 323. The molecule has 0 radical (unpaired) electrons. The van der Waals surface area contributed by atoms with Gasteiger partial charge in [-0.2, -0.15) is 13.2 Å². The highest BCUT2D eigenvalue weighted by Crippen LogP contribution is 2.23. The van der Waals surface area contributed by atoms with E-state index in [1.54, 1.807) is 6.92 Å². The Balaban J connectivity index is 2.49. The van der Waals surface area contributed by atoms with Gasteiger partial charge in [-0.15, -0.1) is 0 Å². The molecule has 0 amide bonds. The Morgan fingerprint density at radius 1 is 1.45 bits per heavy atom. The molecule has 0 spiro atoms. The summed E-state index contributed by atoms with van der Waals surface area (Å²) in [5.74, 6) is -0.735. The van der Waals surface area contributed by atoms with Crippen molar-refractivity contribution in [2.75, 3.05) is 32.7 Å². The van der Waals surface area contributed by atoms with Crippen LogP contribution in [0.3, 0.4) is 0 Å². The molecule has 1 saturated heterocycles. The number of hydrogen-bond donors (Lipinski definition) is 1. The highest BCUT2D eigenvalue weighted by molar-refractivity contribution is 5.73. The van der Waals surface area contributed by atoms with Crippen molar-refractivity contribution >= 4 is 5.97 Å². The molecule has 1 aliphatic rings. The van der Waals surface area contributed by atoms with Crippen LogP contribution in [-0.4, -0.2) is 65.8 Å². The highest BCUT2D eigenvalue weighted by Gasteiger charge is 2.34. The summed E-state index contributed by atoms with van der Waals surface area (Å²) in [5.41, 5.74) is 0. The lowest BCUT2D eigenvalue weighted by atomic mass is 10.1. The summed E-state index contributed by atoms with van der Waals surface area (Å²) in [6, 6.07) is -0.516. The van der Waals surface area contributed by atoms with Gasteiger partial charge in [0.05, 0.1) is 6.54 Å². The third-order valence-electron chi connectivity index (χ3n) is 3.80. The number of alkyl halides is 3. The predicted octanol–water partition coefficient (Wildman–Crippen LogP) is 2.06. The van der Waals surface area contributed by atoms with Crippen LogP contribution < -0.4 is 0 Å². The molecular weight excluding hydrogens is 273 g/mol. The zero-order valence-electron chi connectivity index (χ0n) is 12.0. The largest absolute Gasteiger partial charge is 0.480 e. The summed E-state index contributed by atoms with van der Waals surface area (Å²) in [7, 11) is 0. The second kappa shape index (κ2) is 7.26. The van der Waals surface area contributed by atoms with Gasteiger partial charge in [0.15, 0.2) is 0 Å². The first kappa shape index (κ1) is 17.2. The van der Waals surface area contributed by atoms with E-state index in [-0.39, 0.29) is 5.92 Å². The molecule has 7 heteroatoms. The van der Waals surface area contributed by atoms with Crippen LogP contribution in [0.1, 0.15) is 26.7 Å². The Morgan fingerprint density at radius 2 is 2.10 bits per heavy atom. The Hall–Kier alpha value is -0.820. The molecule has 2 atom stereocenters. The molecule has 1 N–H and O–H groups in total. The molecule has 1 rings (SSSR count). The zero-order chi connectivity index (χ0) is 15.3. The summed E-state index contributed by atoms with van der Waals surface area (Å²) in [6.45, 7) is 4.59. The second-order valence-electron chi connectivity index (χ2n) is 5.35. The molecule has 20 heavy (non-hydrogen) atoms. The maximum absolute atomic E-state index is 12.4. The van der Waals surface area contributed by atoms with Gasteiger partial charge in [-0.3, -0.25) is 14.6 Å². The molecule has 1 heterocycles. The van der Waals surface area contributed by atoms with Crippen molar-refractivity contribution in [2.24, 2.45) is 5.92 Å². The lowest BCUT2D eigenvalue weighted by Gasteiger charge is -2.26. The molecule has 4 nitrogen and oxygen atoms in total. The number of carbonyl (C=O) groups is 1. The van der Waals surface area contributed by atoms with Crippen molar-refractivity contribution in [3.8, 4) is 0 Å². The number of carboxylic acid groups (broad SMARTS) is 1. The van der Waals surface area contributed by atoms with Gasteiger partial charge in [0, 0.05) is 13.1 Å². The van der Waals surface area contributed by atoms with Crippen LogP contribution >= 0.6 is 0 Å². The first-order chi connectivity index (χ1) is 9.26. The van der Waals surface area contributed by atoms with Gasteiger partial charge in [0.1, 0.15) is 6.04 Å². The molecule has 0 aromatic heterocycles. The van der Waals surface area contributed by atoms with Crippen LogP contribution in [0.25, 0.3) is 0 Å². The number of aliphatic carboxylic acids is 1. The Kier molecular flexibility index (Phi) is 6.26. The molecule has 0 saturated carbocycles. The predicted molar refractivity (Wildman–Crippen MR) is 69.6 cm³/mol. The Labute approximate surface area is 117 Å². The Morgan fingerprint density at radius 3 is 2.55 bits per heavy atom. The fourth-order valence-electron chi connectivity index (χ4n) is 2.81. The molecule has 1 aliphatic heterocycles. The number of halogens is 3. The summed E-state index contributed by atoms with van der Waals surface area (Å²) in [6.07, 6.45) is -2.90. The van der Waals surface area contributed by atoms with E-state index in [1.165, 1.54) is 4.90 Å². The average Bonchev–Trinajstić information content (AvgIpc) is 2.75. The van der Waals surface area contributed by atoms with Crippen LogP contribution in [-0.2, 0) is 4.79 Å². The van der Waals surface area contributed by atoms with Crippen molar-refractivity contribution in [2.45, 2.75) is 38.9 Å². The molecule has 1 fully saturated rings. The number of carboxylic acids is 1. The summed E-state index contributed by atoms with van der Waals surface area (Å²) in [5, 5.41) is 9.10. The van der Waals surface area contributed by atoms with E-state index >= 15 is 0 Å². The minimum absolute atomic E-state index is 0.116. The van der Waals surface area contributed by atoms with Crippen LogP contribution in [0.4, 0.5) is 13.2 Å². The third-order valence-corrected chi connectivity index (χ3v) is 3.80. The number of likely N-dealkylation sites (tertiary alicyclic amines) is 1. The van der Waals surface area contributed by atoms with E-state index in [2.05, 4.69) is 0 Å². The van der Waals surface area contributed by atoms with E-state index in [9.17, 15) is 18.0 Å². The lowest BCUT2D eigenvalue weighted by Crippen LogP contribution is -2.41. The quantitative estimate of drug-likeness (QED) is 0.781. The van der Waals surface area contributed by atoms with E-state index in [4.69, 9.17) is 5.11 Å². The normalized spacial score (nSPS) is 22.4. The van der Waals surface area contributed by atoms with Gasteiger partial charge in [-0.05, 0) is 31.8 Å². The molecule has 2 unspecified atom stereocenters. The van der Waals surface area contributed by atoms with Gasteiger partial charge in [0.2, 0.25) is 0 Å². The summed E-state index contributed by atoms with van der Waals surface area (Å²) < 4.78 is 37.2. The minimum atomic E-state index is -4.18. The van der Waals surface area contributed by atoms with Gasteiger partial charge in [-0.1, -0.05) is 13.8 Å².